The SMILES string of the molecule is CC(O)CNC(=O)c1cccc(OCc2ncc(-c3ccc(Cl)cc3)o2)c1. The molecule has 1 amide bonds. The molecule has 0 aliphatic carbocycles. The Morgan fingerprint density at radius 2 is 2.07 bits per heavy atom. The first-order valence-corrected chi connectivity index (χ1v) is 8.79. The maximum Gasteiger partial charge on any atom is 0.251 e. The molecule has 0 saturated carbocycles. The largest absolute Gasteiger partial charge is 0.484 e. The van der Waals surface area contributed by atoms with Crippen LogP contribution in [0, 0.1) is 0 Å². The van der Waals surface area contributed by atoms with E-state index < -0.39 is 6.10 Å². The summed E-state index contributed by atoms with van der Waals surface area (Å²) >= 11 is 5.88. The molecule has 1 aromatic heterocycles. The molecule has 3 aromatic rings. The summed E-state index contributed by atoms with van der Waals surface area (Å²) in [5, 5.41) is 12.5. The predicted octanol–water partition coefficient (Wildman–Crippen LogP) is 3.68. The van der Waals surface area contributed by atoms with Gasteiger partial charge in [-0.1, -0.05) is 17.7 Å². The third kappa shape index (κ3) is 5.32. The first-order valence-electron chi connectivity index (χ1n) is 8.41. The number of aliphatic hydroxyl groups is 1. The van der Waals surface area contributed by atoms with Crippen molar-refractivity contribution in [3.63, 3.8) is 0 Å². The van der Waals surface area contributed by atoms with Gasteiger partial charge in [-0.25, -0.2) is 4.98 Å². The number of rotatable bonds is 7. The Morgan fingerprint density at radius 1 is 1.30 bits per heavy atom. The van der Waals surface area contributed by atoms with Crippen LogP contribution in [-0.2, 0) is 6.61 Å². The molecule has 2 aromatic carbocycles. The molecular weight excluding hydrogens is 368 g/mol. The number of nitrogens with zero attached hydrogens (tertiary/aromatic N) is 1. The lowest BCUT2D eigenvalue weighted by molar-refractivity contribution is 0.0923. The molecule has 27 heavy (non-hydrogen) atoms. The van der Waals surface area contributed by atoms with Crippen molar-refractivity contribution in [1.82, 2.24) is 10.3 Å². The molecule has 0 aliphatic heterocycles. The van der Waals surface area contributed by atoms with E-state index in [1.807, 2.05) is 12.1 Å². The highest BCUT2D eigenvalue weighted by molar-refractivity contribution is 6.30. The summed E-state index contributed by atoms with van der Waals surface area (Å²) in [6.45, 7) is 1.93. The molecular formula is C20H19ClN2O4. The van der Waals surface area contributed by atoms with Gasteiger partial charge in [0.1, 0.15) is 5.75 Å². The van der Waals surface area contributed by atoms with Crippen molar-refractivity contribution >= 4 is 17.5 Å². The number of hydrogen-bond acceptors (Lipinski definition) is 5. The average molecular weight is 387 g/mol. The topological polar surface area (TPSA) is 84.6 Å². The van der Waals surface area contributed by atoms with Gasteiger partial charge in [0, 0.05) is 22.7 Å². The Labute approximate surface area is 161 Å². The molecule has 3 rings (SSSR count). The van der Waals surface area contributed by atoms with Crippen molar-refractivity contribution in [1.29, 1.82) is 0 Å². The van der Waals surface area contributed by atoms with Crippen LogP contribution in [0.3, 0.4) is 0 Å². The molecule has 140 valence electrons. The van der Waals surface area contributed by atoms with Crippen LogP contribution < -0.4 is 10.1 Å². The average Bonchev–Trinajstić information content (AvgIpc) is 3.14. The second kappa shape index (κ2) is 8.70. The summed E-state index contributed by atoms with van der Waals surface area (Å²) in [5.41, 5.74) is 1.32. The van der Waals surface area contributed by atoms with Crippen LogP contribution in [-0.4, -0.2) is 28.6 Å². The summed E-state index contributed by atoms with van der Waals surface area (Å²) in [5.74, 6) is 1.29. The standard InChI is InChI=1S/C20H19ClN2O4/c1-13(24)10-23-20(25)15-3-2-4-17(9-15)26-12-19-22-11-18(27-19)14-5-7-16(21)8-6-14/h2-9,11,13,24H,10,12H2,1H3,(H,23,25). The van der Waals surface area contributed by atoms with E-state index in [0.717, 1.165) is 5.56 Å². The lowest BCUT2D eigenvalue weighted by Gasteiger charge is -2.09. The van der Waals surface area contributed by atoms with Gasteiger partial charge in [-0.05, 0) is 49.4 Å². The van der Waals surface area contributed by atoms with Gasteiger partial charge in [0.15, 0.2) is 12.4 Å². The first kappa shape index (κ1) is 18.9. The molecule has 0 saturated heterocycles. The molecule has 0 spiro atoms. The Kier molecular flexibility index (Phi) is 6.11. The zero-order valence-electron chi connectivity index (χ0n) is 14.7. The fourth-order valence-corrected chi connectivity index (χ4v) is 2.47. The molecule has 7 heteroatoms. The van der Waals surface area contributed by atoms with Gasteiger partial charge in [-0.3, -0.25) is 4.79 Å². The highest BCUT2D eigenvalue weighted by Crippen LogP contribution is 2.23. The number of amides is 1. The minimum atomic E-state index is -0.603. The first-order chi connectivity index (χ1) is 13.0. The van der Waals surface area contributed by atoms with Crippen LogP contribution in [0.15, 0.2) is 59.1 Å². The lowest BCUT2D eigenvalue weighted by Crippen LogP contribution is -2.30. The number of aromatic nitrogens is 1. The minimum Gasteiger partial charge on any atom is -0.484 e. The third-order valence-electron chi connectivity index (χ3n) is 3.70. The second-order valence-electron chi connectivity index (χ2n) is 6.00. The van der Waals surface area contributed by atoms with Crippen molar-refractivity contribution in [3.05, 3.63) is 71.2 Å². The van der Waals surface area contributed by atoms with E-state index >= 15 is 0 Å². The fraction of sp³-hybridized carbons (Fsp3) is 0.200. The van der Waals surface area contributed by atoms with Crippen molar-refractivity contribution in [2.24, 2.45) is 0 Å². The van der Waals surface area contributed by atoms with Gasteiger partial charge in [0.2, 0.25) is 5.89 Å². The molecule has 0 aliphatic rings. The van der Waals surface area contributed by atoms with E-state index in [0.29, 0.717) is 28.0 Å². The van der Waals surface area contributed by atoms with Crippen LogP contribution in [0.4, 0.5) is 0 Å². The van der Waals surface area contributed by atoms with Crippen LogP contribution in [0.25, 0.3) is 11.3 Å². The molecule has 1 atom stereocenters. The van der Waals surface area contributed by atoms with Crippen molar-refractivity contribution in [2.45, 2.75) is 19.6 Å². The van der Waals surface area contributed by atoms with Crippen LogP contribution in [0.2, 0.25) is 5.02 Å². The number of carbonyl (C=O) groups is 1. The van der Waals surface area contributed by atoms with Gasteiger partial charge in [-0.15, -0.1) is 0 Å². The maximum atomic E-state index is 12.0. The van der Waals surface area contributed by atoms with Crippen molar-refractivity contribution in [3.8, 4) is 17.1 Å². The number of hydrogen-bond donors (Lipinski definition) is 2. The molecule has 0 fully saturated rings. The quantitative estimate of drug-likeness (QED) is 0.647. The summed E-state index contributed by atoms with van der Waals surface area (Å²) in [7, 11) is 0. The molecule has 6 nitrogen and oxygen atoms in total. The summed E-state index contributed by atoms with van der Waals surface area (Å²) in [6, 6.07) is 14.0. The van der Waals surface area contributed by atoms with E-state index in [1.165, 1.54) is 0 Å². The van der Waals surface area contributed by atoms with Gasteiger partial charge in [0.25, 0.3) is 5.91 Å². The molecule has 0 bridgehead atoms. The number of benzene rings is 2. The highest BCUT2D eigenvalue weighted by Gasteiger charge is 2.10. The fourth-order valence-electron chi connectivity index (χ4n) is 2.34. The molecule has 1 unspecified atom stereocenters. The van der Waals surface area contributed by atoms with Gasteiger partial charge in [-0.2, -0.15) is 0 Å². The van der Waals surface area contributed by atoms with E-state index in [1.54, 1.807) is 49.5 Å². The highest BCUT2D eigenvalue weighted by atomic mass is 35.5. The normalized spacial score (nSPS) is 11.8. The van der Waals surface area contributed by atoms with Crippen LogP contribution in [0.1, 0.15) is 23.2 Å². The van der Waals surface area contributed by atoms with E-state index in [4.69, 9.17) is 20.8 Å². The Balaban J connectivity index is 1.61. The predicted molar refractivity (Wildman–Crippen MR) is 102 cm³/mol. The van der Waals surface area contributed by atoms with Gasteiger partial charge < -0.3 is 19.6 Å². The second-order valence-corrected chi connectivity index (χ2v) is 6.44. The molecule has 0 radical (unpaired) electrons. The summed E-state index contributed by atoms with van der Waals surface area (Å²) in [6.07, 6.45) is 1.02. The number of oxazole rings is 1. The third-order valence-corrected chi connectivity index (χ3v) is 3.95. The Hall–Kier alpha value is -2.83. The summed E-state index contributed by atoms with van der Waals surface area (Å²) in [4.78, 5) is 16.2. The molecule has 2 N–H and O–H groups in total. The maximum absolute atomic E-state index is 12.0. The van der Waals surface area contributed by atoms with Gasteiger partial charge >= 0.3 is 0 Å². The zero-order chi connectivity index (χ0) is 19.2. The van der Waals surface area contributed by atoms with E-state index in [-0.39, 0.29) is 19.1 Å². The Bertz CT molecular complexity index is 906. The summed E-state index contributed by atoms with van der Waals surface area (Å²) < 4.78 is 11.4. The van der Waals surface area contributed by atoms with Crippen LogP contribution >= 0.6 is 11.6 Å². The zero-order valence-corrected chi connectivity index (χ0v) is 15.4. The number of halogens is 1. The Morgan fingerprint density at radius 3 is 2.81 bits per heavy atom. The van der Waals surface area contributed by atoms with Crippen molar-refractivity contribution < 1.29 is 19.1 Å². The van der Waals surface area contributed by atoms with Gasteiger partial charge in [0.05, 0.1) is 12.3 Å². The smallest absolute Gasteiger partial charge is 0.251 e. The number of carbonyl (C=O) groups excluding carboxylic acids is 1. The number of ether oxygens (including phenoxy) is 1. The van der Waals surface area contributed by atoms with E-state index in [9.17, 15) is 9.90 Å². The lowest BCUT2D eigenvalue weighted by atomic mass is 10.2. The monoisotopic (exact) mass is 386 g/mol. The van der Waals surface area contributed by atoms with E-state index in [2.05, 4.69) is 10.3 Å². The van der Waals surface area contributed by atoms with Crippen molar-refractivity contribution in [2.75, 3.05) is 6.54 Å². The number of aliphatic hydroxyl groups excluding tert-OH is 1. The minimum absolute atomic E-state index is 0.131. The number of nitrogens with one attached hydrogen (secondary N) is 1. The molecule has 1 heterocycles. The van der Waals surface area contributed by atoms with Crippen LogP contribution in [0.5, 0.6) is 5.75 Å².